The van der Waals surface area contributed by atoms with Crippen LogP contribution in [0.25, 0.3) is 0 Å². The van der Waals surface area contributed by atoms with Gasteiger partial charge < -0.3 is 10.0 Å². The van der Waals surface area contributed by atoms with Crippen LogP contribution in [0.4, 0.5) is 0 Å². The molecule has 0 saturated carbocycles. The highest BCUT2D eigenvalue weighted by Gasteiger charge is 2.18. The van der Waals surface area contributed by atoms with Gasteiger partial charge in [-0.15, -0.1) is 0 Å². The number of nitrogens with one attached hydrogen (secondary N) is 1. The lowest BCUT2D eigenvalue weighted by molar-refractivity contribution is 0.271. The summed E-state index contributed by atoms with van der Waals surface area (Å²) in [5, 5.41) is 9.23. The molecule has 2 N–H and O–H groups in total. The van der Waals surface area contributed by atoms with Crippen molar-refractivity contribution in [2.75, 3.05) is 20.1 Å². The molecule has 5 nitrogen and oxygen atoms in total. The highest BCUT2D eigenvalue weighted by molar-refractivity contribution is 7.89. The van der Waals surface area contributed by atoms with E-state index >= 15 is 0 Å². The largest absolute Gasteiger partial charge is 0.392 e. The molecule has 0 atom stereocenters. The predicted octanol–water partition coefficient (Wildman–Crippen LogP) is 1.84. The summed E-state index contributed by atoms with van der Waals surface area (Å²) in [6, 6.07) is 4.90. The molecular weight excluding hydrogens is 312 g/mol. The fourth-order valence-corrected chi connectivity index (χ4v) is 3.35. The fraction of sp³-hybridized carbons (Fsp3) is 0.571. The zero-order valence-electron chi connectivity index (χ0n) is 12.6. The Morgan fingerprint density at radius 3 is 2.62 bits per heavy atom. The van der Waals surface area contributed by atoms with Gasteiger partial charge in [0, 0.05) is 12.6 Å². The van der Waals surface area contributed by atoms with E-state index < -0.39 is 10.0 Å². The molecule has 0 fully saturated rings. The highest BCUT2D eigenvalue weighted by Crippen LogP contribution is 2.22. The maximum Gasteiger partial charge on any atom is 0.242 e. The average Bonchev–Trinajstić information content (AvgIpc) is 2.43. The molecule has 0 bridgehead atoms. The molecule has 21 heavy (non-hydrogen) atoms. The van der Waals surface area contributed by atoms with Crippen molar-refractivity contribution < 1.29 is 13.5 Å². The van der Waals surface area contributed by atoms with E-state index in [1.54, 1.807) is 6.07 Å². The molecule has 1 rings (SSSR count). The molecular formula is C14H23ClN2O3S. The van der Waals surface area contributed by atoms with Gasteiger partial charge in [0.15, 0.2) is 0 Å². The van der Waals surface area contributed by atoms with Crippen molar-refractivity contribution >= 4 is 21.6 Å². The van der Waals surface area contributed by atoms with Crippen LogP contribution in [-0.2, 0) is 16.6 Å². The Kier molecular flexibility index (Phi) is 7.09. The van der Waals surface area contributed by atoms with Crippen LogP contribution in [0, 0.1) is 0 Å². The van der Waals surface area contributed by atoms with E-state index in [0.717, 1.165) is 6.54 Å². The third kappa shape index (κ3) is 5.56. The molecule has 7 heteroatoms. The third-order valence-electron chi connectivity index (χ3n) is 3.33. The second-order valence-electron chi connectivity index (χ2n) is 5.25. The Morgan fingerprint density at radius 1 is 1.38 bits per heavy atom. The minimum atomic E-state index is -3.65. The lowest BCUT2D eigenvalue weighted by atomic mass is 10.2. The van der Waals surface area contributed by atoms with Crippen molar-refractivity contribution in [1.29, 1.82) is 0 Å². The van der Waals surface area contributed by atoms with Crippen LogP contribution in [0.2, 0.25) is 5.02 Å². The lowest BCUT2D eigenvalue weighted by Gasteiger charge is -2.20. The van der Waals surface area contributed by atoms with Gasteiger partial charge in [-0.3, -0.25) is 0 Å². The third-order valence-corrected chi connectivity index (χ3v) is 5.27. The molecule has 1 aromatic carbocycles. The molecule has 0 heterocycles. The summed E-state index contributed by atoms with van der Waals surface area (Å²) in [6.45, 7) is 5.11. The fourth-order valence-electron chi connectivity index (χ4n) is 1.72. The van der Waals surface area contributed by atoms with Gasteiger partial charge in [-0.05, 0) is 51.6 Å². The first-order valence-corrected chi connectivity index (χ1v) is 8.73. The molecule has 0 amide bonds. The van der Waals surface area contributed by atoms with Crippen molar-refractivity contribution in [3.8, 4) is 0 Å². The molecule has 0 unspecified atom stereocenters. The molecule has 120 valence electrons. The monoisotopic (exact) mass is 334 g/mol. The van der Waals surface area contributed by atoms with Gasteiger partial charge in [0.25, 0.3) is 0 Å². The molecule has 1 aromatic rings. The quantitative estimate of drug-likeness (QED) is 0.712. The van der Waals surface area contributed by atoms with Crippen LogP contribution in [0.3, 0.4) is 0 Å². The topological polar surface area (TPSA) is 69.6 Å². The van der Waals surface area contributed by atoms with Gasteiger partial charge in [-0.25, -0.2) is 13.1 Å². The van der Waals surface area contributed by atoms with Crippen LogP contribution >= 0.6 is 11.6 Å². The minimum absolute atomic E-state index is 0.00734. The van der Waals surface area contributed by atoms with Crippen LogP contribution in [0.5, 0.6) is 0 Å². The molecule has 0 radical (unpaired) electrons. The van der Waals surface area contributed by atoms with Gasteiger partial charge >= 0.3 is 0 Å². The zero-order valence-corrected chi connectivity index (χ0v) is 14.2. The summed E-state index contributed by atoms with van der Waals surface area (Å²) < 4.78 is 27.0. The van der Waals surface area contributed by atoms with E-state index in [2.05, 4.69) is 23.5 Å². The number of hydrogen-bond acceptors (Lipinski definition) is 4. The first-order valence-electron chi connectivity index (χ1n) is 6.87. The van der Waals surface area contributed by atoms with E-state index in [0.29, 0.717) is 24.6 Å². The van der Waals surface area contributed by atoms with Crippen molar-refractivity contribution in [3.05, 3.63) is 28.8 Å². The summed E-state index contributed by atoms with van der Waals surface area (Å²) >= 11 is 5.93. The number of aliphatic hydroxyl groups is 1. The zero-order chi connectivity index (χ0) is 16.0. The van der Waals surface area contributed by atoms with E-state index in [9.17, 15) is 8.42 Å². The smallest absolute Gasteiger partial charge is 0.242 e. The van der Waals surface area contributed by atoms with Crippen LogP contribution in [-0.4, -0.2) is 44.6 Å². The van der Waals surface area contributed by atoms with Crippen LogP contribution < -0.4 is 4.72 Å². The van der Waals surface area contributed by atoms with Gasteiger partial charge in [-0.2, -0.15) is 0 Å². The van der Waals surface area contributed by atoms with Gasteiger partial charge in [-0.1, -0.05) is 17.7 Å². The number of rotatable bonds is 8. The number of nitrogens with zero attached hydrogens (tertiary/aromatic N) is 1. The number of halogens is 1. The first-order chi connectivity index (χ1) is 9.77. The molecule has 0 spiro atoms. The Balaban J connectivity index is 2.66. The molecule has 0 aliphatic carbocycles. The van der Waals surface area contributed by atoms with Crippen LogP contribution in [0.1, 0.15) is 25.8 Å². The van der Waals surface area contributed by atoms with E-state index in [-0.39, 0.29) is 16.5 Å². The summed E-state index contributed by atoms with van der Waals surface area (Å²) in [4.78, 5) is 2.15. The second-order valence-corrected chi connectivity index (χ2v) is 7.39. The average molecular weight is 335 g/mol. The second kappa shape index (κ2) is 8.10. The first kappa shape index (κ1) is 18.4. The number of aliphatic hydroxyl groups excluding tert-OH is 1. The number of benzene rings is 1. The molecule has 0 saturated heterocycles. The SMILES string of the molecule is CC(C)N(C)CCCNS(=O)(=O)c1cc(CO)ccc1Cl. The standard InChI is InChI=1S/C14H23ClN2O3S/c1-11(2)17(3)8-4-7-16-21(19,20)14-9-12(10-18)5-6-13(14)15/h5-6,9,11,16,18H,4,7-8,10H2,1-3H3. The van der Waals surface area contributed by atoms with Gasteiger partial charge in [0.1, 0.15) is 4.90 Å². The van der Waals surface area contributed by atoms with Crippen molar-refractivity contribution in [3.63, 3.8) is 0 Å². The summed E-state index contributed by atoms with van der Waals surface area (Å²) in [5.74, 6) is 0. The maximum atomic E-state index is 12.2. The van der Waals surface area contributed by atoms with Gasteiger partial charge in [0.05, 0.1) is 11.6 Å². The van der Waals surface area contributed by atoms with Gasteiger partial charge in [0.2, 0.25) is 10.0 Å². The predicted molar refractivity (Wildman–Crippen MR) is 84.9 cm³/mol. The van der Waals surface area contributed by atoms with Crippen molar-refractivity contribution in [1.82, 2.24) is 9.62 Å². The van der Waals surface area contributed by atoms with E-state index in [1.807, 2.05) is 7.05 Å². The number of sulfonamides is 1. The Labute approximate surface area is 132 Å². The Hall–Kier alpha value is -0.660. The summed E-state index contributed by atoms with van der Waals surface area (Å²) in [6.07, 6.45) is 0.714. The number of hydrogen-bond donors (Lipinski definition) is 2. The maximum absolute atomic E-state index is 12.2. The van der Waals surface area contributed by atoms with Crippen molar-refractivity contribution in [2.24, 2.45) is 0 Å². The molecule has 0 aromatic heterocycles. The Bertz CT molecular complexity index is 561. The Morgan fingerprint density at radius 2 is 2.05 bits per heavy atom. The molecule has 0 aliphatic rings. The summed E-state index contributed by atoms with van der Waals surface area (Å²) in [5.41, 5.74) is 0.513. The lowest BCUT2D eigenvalue weighted by Crippen LogP contribution is -2.31. The van der Waals surface area contributed by atoms with E-state index in [4.69, 9.17) is 16.7 Å². The minimum Gasteiger partial charge on any atom is -0.392 e. The summed E-state index contributed by atoms with van der Waals surface area (Å²) in [7, 11) is -1.65. The highest BCUT2D eigenvalue weighted by atomic mass is 35.5. The van der Waals surface area contributed by atoms with Crippen LogP contribution in [0.15, 0.2) is 23.1 Å². The normalized spacial score (nSPS) is 12.3. The molecule has 0 aliphatic heterocycles. The van der Waals surface area contributed by atoms with Crippen molar-refractivity contribution in [2.45, 2.75) is 37.8 Å². The van der Waals surface area contributed by atoms with E-state index in [1.165, 1.54) is 12.1 Å².